The molecule has 26 heavy (non-hydrogen) atoms. The molecule has 1 aromatic heterocycles. The van der Waals surface area contributed by atoms with E-state index in [4.69, 9.17) is 0 Å². The minimum Gasteiger partial charge on any atom is -0.200 e. The zero-order chi connectivity index (χ0) is 18.5. The van der Waals surface area contributed by atoms with Crippen molar-refractivity contribution in [1.29, 1.82) is 0 Å². The van der Waals surface area contributed by atoms with Gasteiger partial charge in [0.05, 0.1) is 0 Å². The Balaban J connectivity index is 2.17. The van der Waals surface area contributed by atoms with Gasteiger partial charge in [0.25, 0.3) is 0 Å². The second-order valence-corrected chi connectivity index (χ2v) is 7.36. The third-order valence-corrected chi connectivity index (χ3v) is 5.33. The third kappa shape index (κ3) is 3.88. The molecule has 1 atom stereocenters. The number of unbranched alkanes of at least 4 members (excludes halogenated alkanes) is 1. The fourth-order valence-corrected chi connectivity index (χ4v) is 3.73. The van der Waals surface area contributed by atoms with Crippen LogP contribution in [0.5, 0.6) is 0 Å². The summed E-state index contributed by atoms with van der Waals surface area (Å²) in [5, 5.41) is 0. The summed E-state index contributed by atoms with van der Waals surface area (Å²) >= 11 is 0. The van der Waals surface area contributed by atoms with Gasteiger partial charge in [-0.1, -0.05) is 75.2 Å². The fourth-order valence-electron chi connectivity index (χ4n) is 3.73. The monoisotopic (exact) mass is 344 g/mol. The highest BCUT2D eigenvalue weighted by Gasteiger charge is 2.21. The van der Waals surface area contributed by atoms with Gasteiger partial charge in [-0.25, -0.2) is 4.57 Å². The van der Waals surface area contributed by atoms with Gasteiger partial charge in [-0.05, 0) is 42.0 Å². The summed E-state index contributed by atoms with van der Waals surface area (Å²) in [6.07, 6.45) is 6.07. The molecule has 0 spiro atoms. The molecule has 0 amide bonds. The lowest BCUT2D eigenvalue weighted by atomic mass is 9.88. The first-order valence-corrected chi connectivity index (χ1v) is 9.76. The van der Waals surface area contributed by atoms with E-state index in [0.717, 1.165) is 0 Å². The molecule has 0 saturated heterocycles. The van der Waals surface area contributed by atoms with Crippen molar-refractivity contribution in [2.24, 2.45) is 7.05 Å². The second-order valence-electron chi connectivity index (χ2n) is 7.36. The van der Waals surface area contributed by atoms with Gasteiger partial charge < -0.3 is 0 Å². The summed E-state index contributed by atoms with van der Waals surface area (Å²) in [5.41, 5.74) is 8.05. The molecule has 2 aromatic carbocycles. The zero-order valence-electron chi connectivity index (χ0n) is 16.5. The molecule has 1 nitrogen and oxygen atoms in total. The van der Waals surface area contributed by atoms with Crippen molar-refractivity contribution < 1.29 is 4.57 Å². The predicted octanol–water partition coefficient (Wildman–Crippen LogP) is 6.45. The second kappa shape index (κ2) is 8.31. The number of aromatic nitrogens is 1. The summed E-state index contributed by atoms with van der Waals surface area (Å²) in [6, 6.07) is 21.9. The van der Waals surface area contributed by atoms with Crippen molar-refractivity contribution in [1.82, 2.24) is 0 Å². The van der Waals surface area contributed by atoms with Crippen LogP contribution in [0.25, 0.3) is 22.4 Å². The van der Waals surface area contributed by atoms with Crippen molar-refractivity contribution >= 4 is 0 Å². The molecule has 0 N–H and O–H groups in total. The lowest BCUT2D eigenvalue weighted by molar-refractivity contribution is -0.660. The van der Waals surface area contributed by atoms with Crippen molar-refractivity contribution in [2.75, 3.05) is 0 Å². The van der Waals surface area contributed by atoms with Crippen LogP contribution in [0, 0.1) is 6.92 Å². The maximum atomic E-state index is 2.42. The van der Waals surface area contributed by atoms with E-state index in [2.05, 4.69) is 99.2 Å². The van der Waals surface area contributed by atoms with E-state index >= 15 is 0 Å². The quantitative estimate of drug-likeness (QED) is 0.453. The van der Waals surface area contributed by atoms with Crippen molar-refractivity contribution in [2.45, 2.75) is 46.0 Å². The lowest BCUT2D eigenvalue weighted by Crippen LogP contribution is -2.32. The highest BCUT2D eigenvalue weighted by atomic mass is 14.9. The van der Waals surface area contributed by atoms with Crippen LogP contribution < -0.4 is 4.57 Å². The number of nitrogens with zero attached hydrogens (tertiary/aromatic N) is 1. The first kappa shape index (κ1) is 18.4. The maximum absolute atomic E-state index is 2.42. The summed E-state index contributed by atoms with van der Waals surface area (Å²) in [4.78, 5) is 0. The van der Waals surface area contributed by atoms with Gasteiger partial charge in [-0.15, -0.1) is 0 Å². The lowest BCUT2D eigenvalue weighted by Gasteiger charge is -2.17. The molecule has 0 bridgehead atoms. The number of pyridine rings is 1. The van der Waals surface area contributed by atoms with E-state index in [0.29, 0.717) is 5.92 Å². The molecule has 0 aliphatic carbocycles. The molecule has 3 rings (SSSR count). The van der Waals surface area contributed by atoms with E-state index in [1.165, 1.54) is 52.8 Å². The SMILES string of the molecule is CCCCC(C)c1cc(-c2ccccc2C)[n+](C)cc1-c1ccccc1. The summed E-state index contributed by atoms with van der Waals surface area (Å²) in [7, 11) is 2.16. The van der Waals surface area contributed by atoms with E-state index < -0.39 is 0 Å². The molecule has 1 unspecified atom stereocenters. The Morgan fingerprint density at radius 1 is 0.923 bits per heavy atom. The smallest absolute Gasteiger partial charge is 0.200 e. The van der Waals surface area contributed by atoms with E-state index in [1.807, 2.05) is 0 Å². The minimum atomic E-state index is 0.550. The number of aryl methyl sites for hydroxylation is 2. The van der Waals surface area contributed by atoms with Gasteiger partial charge in [-0.3, -0.25) is 0 Å². The number of rotatable bonds is 6. The van der Waals surface area contributed by atoms with Gasteiger partial charge in [0.15, 0.2) is 6.20 Å². The molecule has 134 valence electrons. The van der Waals surface area contributed by atoms with Crippen LogP contribution in [0.15, 0.2) is 66.9 Å². The van der Waals surface area contributed by atoms with Gasteiger partial charge in [0, 0.05) is 17.2 Å². The molecule has 0 aliphatic rings. The first-order chi connectivity index (χ1) is 12.6. The number of hydrogen-bond acceptors (Lipinski definition) is 0. The first-order valence-electron chi connectivity index (χ1n) is 9.76. The Morgan fingerprint density at radius 2 is 1.62 bits per heavy atom. The van der Waals surface area contributed by atoms with Gasteiger partial charge in [0.1, 0.15) is 7.05 Å². The molecule has 0 aliphatic heterocycles. The molecule has 1 heterocycles. The highest BCUT2D eigenvalue weighted by molar-refractivity contribution is 5.70. The number of hydrogen-bond donors (Lipinski definition) is 0. The number of benzene rings is 2. The molecule has 0 fully saturated rings. The standard InChI is InChI=1S/C25H30N/c1-5-6-12-20(3)23-17-25(22-16-11-10-13-19(22)2)26(4)18-24(23)21-14-8-7-9-15-21/h7-11,13-18,20H,5-6,12H2,1-4H3/q+1. The van der Waals surface area contributed by atoms with E-state index in [1.54, 1.807) is 0 Å². The van der Waals surface area contributed by atoms with Crippen LogP contribution in [0.2, 0.25) is 0 Å². The Hall–Kier alpha value is -2.41. The molecule has 0 radical (unpaired) electrons. The average Bonchev–Trinajstić information content (AvgIpc) is 2.67. The molecule has 1 heteroatoms. The molecular weight excluding hydrogens is 314 g/mol. The van der Waals surface area contributed by atoms with Gasteiger partial charge >= 0.3 is 0 Å². The topological polar surface area (TPSA) is 3.88 Å². The molecular formula is C25H30N+. The normalized spacial score (nSPS) is 12.2. The van der Waals surface area contributed by atoms with Gasteiger partial charge in [0.2, 0.25) is 5.69 Å². The van der Waals surface area contributed by atoms with E-state index in [-0.39, 0.29) is 0 Å². The van der Waals surface area contributed by atoms with E-state index in [9.17, 15) is 0 Å². The van der Waals surface area contributed by atoms with Crippen LogP contribution >= 0.6 is 0 Å². The average molecular weight is 345 g/mol. The predicted molar refractivity (Wildman–Crippen MR) is 111 cm³/mol. The third-order valence-electron chi connectivity index (χ3n) is 5.33. The largest absolute Gasteiger partial charge is 0.212 e. The van der Waals surface area contributed by atoms with Crippen molar-refractivity contribution in [3.8, 4) is 22.4 Å². The van der Waals surface area contributed by atoms with Crippen LogP contribution in [0.4, 0.5) is 0 Å². The zero-order valence-corrected chi connectivity index (χ0v) is 16.5. The van der Waals surface area contributed by atoms with Crippen LogP contribution in [0.1, 0.15) is 50.2 Å². The Bertz CT molecular complexity index is 865. The van der Waals surface area contributed by atoms with Crippen LogP contribution in [-0.4, -0.2) is 0 Å². The van der Waals surface area contributed by atoms with Crippen LogP contribution in [-0.2, 0) is 7.05 Å². The van der Waals surface area contributed by atoms with Crippen molar-refractivity contribution in [3.05, 3.63) is 78.0 Å². The van der Waals surface area contributed by atoms with Crippen LogP contribution in [0.3, 0.4) is 0 Å². The summed E-state index contributed by atoms with van der Waals surface area (Å²) in [5.74, 6) is 0.550. The summed E-state index contributed by atoms with van der Waals surface area (Å²) < 4.78 is 2.28. The van der Waals surface area contributed by atoms with Gasteiger partial charge in [-0.2, -0.15) is 0 Å². The van der Waals surface area contributed by atoms with Crippen molar-refractivity contribution in [3.63, 3.8) is 0 Å². The Kier molecular flexibility index (Phi) is 5.88. The molecule has 0 saturated carbocycles. The maximum Gasteiger partial charge on any atom is 0.212 e. The Labute approximate surface area is 158 Å². The minimum absolute atomic E-state index is 0.550. The fraction of sp³-hybridized carbons (Fsp3) is 0.320. The molecule has 3 aromatic rings. The summed E-state index contributed by atoms with van der Waals surface area (Å²) in [6.45, 7) is 6.84. The highest BCUT2D eigenvalue weighted by Crippen LogP contribution is 2.34. The Morgan fingerprint density at radius 3 is 2.31 bits per heavy atom.